The molecule has 2 N–H and O–H groups in total. The van der Waals surface area contributed by atoms with Crippen LogP contribution >= 0.6 is 0 Å². The van der Waals surface area contributed by atoms with E-state index in [1.807, 2.05) is 62.5 Å². The molecule has 0 unspecified atom stereocenters. The Morgan fingerprint density at radius 1 is 1.14 bits per heavy atom. The Kier molecular flexibility index (Phi) is 8.26. The Morgan fingerprint density at radius 2 is 1.86 bits per heavy atom. The minimum absolute atomic E-state index is 0.124. The molecule has 1 aromatic heterocycles. The summed E-state index contributed by atoms with van der Waals surface area (Å²) < 4.78 is 5.78. The van der Waals surface area contributed by atoms with Crippen molar-refractivity contribution in [2.75, 3.05) is 19.6 Å². The summed E-state index contributed by atoms with van der Waals surface area (Å²) in [7, 11) is 0. The first kappa shape index (κ1) is 26.1. The molecule has 1 aromatic carbocycles. The van der Waals surface area contributed by atoms with E-state index in [1.165, 1.54) is 0 Å². The zero-order valence-electron chi connectivity index (χ0n) is 21.5. The number of amides is 2. The van der Waals surface area contributed by atoms with Gasteiger partial charge in [-0.25, -0.2) is 4.98 Å². The van der Waals surface area contributed by atoms with Crippen molar-refractivity contribution in [1.82, 2.24) is 20.1 Å². The molecule has 0 radical (unpaired) electrons. The van der Waals surface area contributed by atoms with Gasteiger partial charge in [-0.2, -0.15) is 0 Å². The normalized spacial score (nSPS) is 21.0. The molecule has 0 saturated carbocycles. The van der Waals surface area contributed by atoms with Gasteiger partial charge >= 0.3 is 0 Å². The van der Waals surface area contributed by atoms with Crippen molar-refractivity contribution in [2.24, 2.45) is 5.92 Å². The van der Waals surface area contributed by atoms with Crippen molar-refractivity contribution in [2.45, 2.75) is 70.7 Å². The minimum atomic E-state index is -0.899. The van der Waals surface area contributed by atoms with E-state index in [0.29, 0.717) is 44.9 Å². The Morgan fingerprint density at radius 3 is 2.47 bits per heavy atom. The molecular formula is C28H38N4O4. The van der Waals surface area contributed by atoms with E-state index in [-0.39, 0.29) is 17.7 Å². The summed E-state index contributed by atoms with van der Waals surface area (Å²) in [6.45, 7) is 8.45. The van der Waals surface area contributed by atoms with E-state index in [4.69, 9.17) is 4.74 Å². The summed E-state index contributed by atoms with van der Waals surface area (Å²) in [5.41, 5.74) is 0.222. The molecule has 36 heavy (non-hydrogen) atoms. The molecule has 194 valence electrons. The Labute approximate surface area is 213 Å². The van der Waals surface area contributed by atoms with Crippen LogP contribution in [-0.4, -0.2) is 69.0 Å². The van der Waals surface area contributed by atoms with E-state index < -0.39 is 17.7 Å². The maximum Gasteiger partial charge on any atom is 0.248 e. The van der Waals surface area contributed by atoms with Crippen LogP contribution in [0.3, 0.4) is 0 Å². The second-order valence-electron chi connectivity index (χ2n) is 10.3. The van der Waals surface area contributed by atoms with Gasteiger partial charge in [0, 0.05) is 38.4 Å². The van der Waals surface area contributed by atoms with Crippen molar-refractivity contribution in [1.29, 1.82) is 0 Å². The Balaban J connectivity index is 1.40. The monoisotopic (exact) mass is 494 g/mol. The lowest BCUT2D eigenvalue weighted by Gasteiger charge is -2.52. The second kappa shape index (κ2) is 11.4. The molecule has 2 aliphatic heterocycles. The van der Waals surface area contributed by atoms with Crippen molar-refractivity contribution < 1.29 is 19.4 Å². The molecule has 0 aliphatic carbocycles. The van der Waals surface area contributed by atoms with Crippen LogP contribution in [0.15, 0.2) is 48.7 Å². The first-order chi connectivity index (χ1) is 17.3. The van der Waals surface area contributed by atoms with Gasteiger partial charge in [0.1, 0.15) is 17.3 Å². The standard InChI is InChI=1S/C28H38N4O4/c1-4-5-15-32-26(34)24(25(33)20(2)3)30-27(35)28(32)13-16-31(17-14-28)19-21-11-12-23(29-18-21)36-22-9-7-6-8-10-22/h6-12,18,20,24-25,33H,4-5,13-17,19H2,1-3H3,(H,30,35)/t24-,25-/m0/s1. The van der Waals surface area contributed by atoms with E-state index in [2.05, 4.69) is 22.1 Å². The molecule has 8 heteroatoms. The summed E-state index contributed by atoms with van der Waals surface area (Å²) in [5, 5.41) is 13.5. The number of aliphatic hydroxyl groups excluding tert-OH is 1. The fraction of sp³-hybridized carbons (Fsp3) is 0.536. The number of piperazine rings is 1. The molecular weight excluding hydrogens is 456 g/mol. The number of hydrogen-bond donors (Lipinski definition) is 2. The fourth-order valence-electron chi connectivity index (χ4n) is 5.11. The van der Waals surface area contributed by atoms with Crippen LogP contribution in [0.5, 0.6) is 11.6 Å². The van der Waals surface area contributed by atoms with Crippen LogP contribution in [0.1, 0.15) is 52.0 Å². The number of para-hydroxylation sites is 1. The summed E-state index contributed by atoms with van der Waals surface area (Å²) in [6.07, 6.45) is 3.83. The van der Waals surface area contributed by atoms with Crippen molar-refractivity contribution in [3.63, 3.8) is 0 Å². The van der Waals surface area contributed by atoms with Gasteiger partial charge in [-0.05, 0) is 42.9 Å². The fourth-order valence-corrected chi connectivity index (χ4v) is 5.11. The predicted octanol–water partition coefficient (Wildman–Crippen LogP) is 3.35. The average Bonchev–Trinajstić information content (AvgIpc) is 2.89. The van der Waals surface area contributed by atoms with Crippen molar-refractivity contribution in [3.05, 3.63) is 54.2 Å². The molecule has 3 heterocycles. The number of carbonyl (C=O) groups is 2. The zero-order chi connectivity index (χ0) is 25.7. The quantitative estimate of drug-likeness (QED) is 0.555. The SMILES string of the molecule is CCCCN1C(=O)[C@H]([C@@H](O)C(C)C)NC(=O)C12CCN(Cc1ccc(Oc3ccccc3)nc1)CC2. The molecule has 2 atom stereocenters. The molecule has 2 aliphatic rings. The van der Waals surface area contributed by atoms with Gasteiger partial charge in [-0.15, -0.1) is 0 Å². The lowest BCUT2D eigenvalue weighted by Crippen LogP contribution is -2.74. The molecule has 2 fully saturated rings. The van der Waals surface area contributed by atoms with Crippen molar-refractivity contribution >= 4 is 11.8 Å². The lowest BCUT2D eigenvalue weighted by molar-refractivity contribution is -0.165. The van der Waals surface area contributed by atoms with E-state index in [9.17, 15) is 14.7 Å². The Bertz CT molecular complexity index is 1020. The molecule has 8 nitrogen and oxygen atoms in total. The molecule has 2 amide bonds. The first-order valence-corrected chi connectivity index (χ1v) is 13.0. The third kappa shape index (κ3) is 5.55. The molecule has 2 saturated heterocycles. The van der Waals surface area contributed by atoms with Crippen LogP contribution < -0.4 is 10.1 Å². The summed E-state index contributed by atoms with van der Waals surface area (Å²) in [5.74, 6) is 0.878. The number of carbonyl (C=O) groups excluding carboxylic acids is 2. The number of nitrogens with zero attached hydrogens (tertiary/aromatic N) is 3. The average molecular weight is 495 g/mol. The number of ether oxygens (including phenoxy) is 1. The van der Waals surface area contributed by atoms with Crippen LogP contribution in [0.25, 0.3) is 0 Å². The number of rotatable bonds is 9. The summed E-state index contributed by atoms with van der Waals surface area (Å²) >= 11 is 0. The van der Waals surface area contributed by atoms with Crippen LogP contribution in [0, 0.1) is 5.92 Å². The minimum Gasteiger partial charge on any atom is -0.439 e. The number of hydrogen-bond acceptors (Lipinski definition) is 6. The van der Waals surface area contributed by atoms with Crippen molar-refractivity contribution in [3.8, 4) is 11.6 Å². The molecule has 2 aromatic rings. The topological polar surface area (TPSA) is 95.0 Å². The maximum absolute atomic E-state index is 13.4. The molecule has 1 spiro atoms. The number of piperidine rings is 1. The highest BCUT2D eigenvalue weighted by atomic mass is 16.5. The van der Waals surface area contributed by atoms with Gasteiger partial charge < -0.3 is 20.1 Å². The van der Waals surface area contributed by atoms with Gasteiger partial charge in [0.15, 0.2) is 0 Å². The first-order valence-electron chi connectivity index (χ1n) is 13.0. The van der Waals surface area contributed by atoms with Crippen LogP contribution in [0.4, 0.5) is 0 Å². The number of likely N-dealkylation sites (tertiary alicyclic amines) is 1. The molecule has 4 rings (SSSR count). The number of unbranched alkanes of at least 4 members (excludes halogenated alkanes) is 1. The summed E-state index contributed by atoms with van der Waals surface area (Å²) in [4.78, 5) is 35.4. The van der Waals surface area contributed by atoms with Crippen LogP contribution in [-0.2, 0) is 16.1 Å². The number of nitrogens with one attached hydrogen (secondary N) is 1. The van der Waals surface area contributed by atoms with Gasteiger partial charge in [-0.1, -0.05) is 51.5 Å². The zero-order valence-corrected chi connectivity index (χ0v) is 21.5. The number of benzene rings is 1. The van der Waals surface area contributed by atoms with Gasteiger partial charge in [0.25, 0.3) is 0 Å². The third-order valence-electron chi connectivity index (χ3n) is 7.37. The second-order valence-corrected chi connectivity index (χ2v) is 10.3. The predicted molar refractivity (Wildman–Crippen MR) is 137 cm³/mol. The largest absolute Gasteiger partial charge is 0.439 e. The van der Waals surface area contributed by atoms with Gasteiger partial charge in [0.2, 0.25) is 17.7 Å². The highest BCUT2D eigenvalue weighted by molar-refractivity contribution is 6.00. The maximum atomic E-state index is 13.4. The Hall–Kier alpha value is -2.97. The van der Waals surface area contributed by atoms with Gasteiger partial charge in [0.05, 0.1) is 6.10 Å². The molecule has 0 bridgehead atoms. The number of aliphatic hydroxyl groups is 1. The van der Waals surface area contributed by atoms with E-state index in [0.717, 1.165) is 24.2 Å². The number of pyridine rings is 1. The smallest absolute Gasteiger partial charge is 0.248 e. The van der Waals surface area contributed by atoms with Gasteiger partial charge in [-0.3, -0.25) is 14.5 Å². The van der Waals surface area contributed by atoms with Crippen LogP contribution in [0.2, 0.25) is 0 Å². The third-order valence-corrected chi connectivity index (χ3v) is 7.37. The summed E-state index contributed by atoms with van der Waals surface area (Å²) in [6, 6.07) is 12.6. The number of aromatic nitrogens is 1. The highest BCUT2D eigenvalue weighted by Gasteiger charge is 2.54. The van der Waals surface area contributed by atoms with E-state index >= 15 is 0 Å². The van der Waals surface area contributed by atoms with E-state index in [1.54, 1.807) is 4.90 Å². The highest BCUT2D eigenvalue weighted by Crippen LogP contribution is 2.35. The lowest BCUT2D eigenvalue weighted by atomic mass is 9.80.